The van der Waals surface area contributed by atoms with Gasteiger partial charge in [-0.05, 0) is 37.1 Å². The molecule has 1 aromatic rings. The molecule has 1 aliphatic carbocycles. The predicted octanol–water partition coefficient (Wildman–Crippen LogP) is 2.89. The summed E-state index contributed by atoms with van der Waals surface area (Å²) in [5.41, 5.74) is 0. The number of amides is 1. The second-order valence-corrected chi connectivity index (χ2v) is 6.96. The van der Waals surface area contributed by atoms with E-state index in [1.165, 1.54) is 0 Å². The molecular formula is C17H23NO4S. The third-order valence-corrected chi connectivity index (χ3v) is 4.86. The van der Waals surface area contributed by atoms with Crippen LogP contribution in [0.25, 0.3) is 0 Å². The Labute approximate surface area is 141 Å². The van der Waals surface area contributed by atoms with Gasteiger partial charge in [0.1, 0.15) is 5.75 Å². The van der Waals surface area contributed by atoms with Gasteiger partial charge in [-0.15, -0.1) is 11.8 Å². The molecule has 1 amide bonds. The molecule has 1 unspecified atom stereocenters. The average molecular weight is 337 g/mol. The number of carboxylic acid groups (broad SMARTS) is 1. The number of hydrogen-bond donors (Lipinski definition) is 1. The molecule has 0 heterocycles. The van der Waals surface area contributed by atoms with Crippen LogP contribution in [-0.2, 0) is 9.59 Å². The normalized spacial score (nSPS) is 15.0. The minimum absolute atomic E-state index is 0.0570. The van der Waals surface area contributed by atoms with E-state index in [4.69, 9.17) is 9.84 Å². The summed E-state index contributed by atoms with van der Waals surface area (Å²) in [6.45, 7) is 1.96. The first-order valence-electron chi connectivity index (χ1n) is 7.80. The summed E-state index contributed by atoms with van der Waals surface area (Å²) in [5.74, 6) is 0.190. The maximum atomic E-state index is 12.4. The first kappa shape index (κ1) is 17.7. The van der Waals surface area contributed by atoms with Gasteiger partial charge >= 0.3 is 5.97 Å². The number of benzene rings is 1. The highest BCUT2D eigenvalue weighted by molar-refractivity contribution is 7.99. The standard InChI is InChI=1S/C17H23NO4S/c1-12(17(20)21)11-18(13-3-4-13)16(19)9-10-23-15-7-5-14(22-2)6-8-15/h5-8,12-13H,3-4,9-11H2,1-2H3,(H,20,21). The number of rotatable bonds is 9. The minimum atomic E-state index is -0.851. The monoisotopic (exact) mass is 337 g/mol. The van der Waals surface area contributed by atoms with Crippen molar-refractivity contribution in [1.29, 1.82) is 0 Å². The number of hydrogen-bond acceptors (Lipinski definition) is 4. The van der Waals surface area contributed by atoms with Crippen LogP contribution in [0.3, 0.4) is 0 Å². The fourth-order valence-corrected chi connectivity index (χ4v) is 3.13. The van der Waals surface area contributed by atoms with Gasteiger partial charge in [0, 0.05) is 29.7 Å². The van der Waals surface area contributed by atoms with E-state index in [0.717, 1.165) is 23.5 Å². The molecule has 1 fully saturated rings. The maximum absolute atomic E-state index is 12.4. The van der Waals surface area contributed by atoms with E-state index in [2.05, 4.69) is 0 Å². The van der Waals surface area contributed by atoms with E-state index in [0.29, 0.717) is 18.7 Å². The zero-order chi connectivity index (χ0) is 16.8. The lowest BCUT2D eigenvalue weighted by Crippen LogP contribution is -2.38. The molecule has 1 saturated carbocycles. The van der Waals surface area contributed by atoms with Crippen molar-refractivity contribution in [1.82, 2.24) is 4.90 Å². The van der Waals surface area contributed by atoms with Crippen LogP contribution in [0.15, 0.2) is 29.2 Å². The number of nitrogens with zero attached hydrogens (tertiary/aromatic N) is 1. The van der Waals surface area contributed by atoms with Crippen LogP contribution < -0.4 is 4.74 Å². The highest BCUT2D eigenvalue weighted by atomic mass is 32.2. The zero-order valence-corrected chi connectivity index (χ0v) is 14.3. The Kier molecular flexibility index (Phi) is 6.33. The fraction of sp³-hybridized carbons (Fsp3) is 0.529. The van der Waals surface area contributed by atoms with Crippen molar-refractivity contribution in [3.05, 3.63) is 24.3 Å². The third-order valence-electron chi connectivity index (χ3n) is 3.84. The van der Waals surface area contributed by atoms with Crippen molar-refractivity contribution in [2.24, 2.45) is 5.92 Å². The molecule has 6 heteroatoms. The first-order valence-corrected chi connectivity index (χ1v) is 8.79. The molecule has 126 valence electrons. The fourth-order valence-electron chi connectivity index (χ4n) is 2.29. The van der Waals surface area contributed by atoms with Crippen molar-refractivity contribution in [3.63, 3.8) is 0 Å². The Balaban J connectivity index is 1.80. The van der Waals surface area contributed by atoms with Gasteiger partial charge in [-0.2, -0.15) is 0 Å². The summed E-state index contributed by atoms with van der Waals surface area (Å²) in [6, 6.07) is 7.98. The lowest BCUT2D eigenvalue weighted by molar-refractivity contribution is -0.143. The Morgan fingerprint density at radius 3 is 2.52 bits per heavy atom. The number of methoxy groups -OCH3 is 1. The summed E-state index contributed by atoms with van der Waals surface area (Å²) in [7, 11) is 1.63. The van der Waals surface area contributed by atoms with E-state index in [9.17, 15) is 9.59 Å². The number of carbonyl (C=O) groups is 2. The molecule has 0 radical (unpaired) electrons. The van der Waals surface area contributed by atoms with Crippen LogP contribution in [0.4, 0.5) is 0 Å². The van der Waals surface area contributed by atoms with Gasteiger partial charge in [0.2, 0.25) is 5.91 Å². The molecule has 5 nitrogen and oxygen atoms in total. The van der Waals surface area contributed by atoms with Gasteiger partial charge < -0.3 is 14.7 Å². The molecule has 23 heavy (non-hydrogen) atoms. The third kappa shape index (κ3) is 5.46. The second-order valence-electron chi connectivity index (χ2n) is 5.79. The highest BCUT2D eigenvalue weighted by Gasteiger charge is 2.34. The Hall–Kier alpha value is -1.69. The molecule has 1 N–H and O–H groups in total. The van der Waals surface area contributed by atoms with Gasteiger partial charge in [-0.1, -0.05) is 6.92 Å². The van der Waals surface area contributed by atoms with Crippen molar-refractivity contribution in [2.45, 2.75) is 37.1 Å². The van der Waals surface area contributed by atoms with Crippen LogP contribution in [-0.4, -0.2) is 47.3 Å². The molecule has 0 aromatic heterocycles. The molecule has 2 rings (SSSR count). The number of carboxylic acids is 1. The summed E-state index contributed by atoms with van der Waals surface area (Å²) < 4.78 is 5.11. The number of aliphatic carboxylic acids is 1. The van der Waals surface area contributed by atoms with Crippen LogP contribution in [0, 0.1) is 5.92 Å². The van der Waals surface area contributed by atoms with E-state index in [1.54, 1.807) is 30.7 Å². The lowest BCUT2D eigenvalue weighted by atomic mass is 10.1. The lowest BCUT2D eigenvalue weighted by Gasteiger charge is -2.24. The average Bonchev–Trinajstić information content (AvgIpc) is 3.37. The second kappa shape index (κ2) is 8.24. The number of carbonyl (C=O) groups excluding carboxylic acids is 1. The first-order chi connectivity index (χ1) is 11.0. The van der Waals surface area contributed by atoms with Crippen LogP contribution in [0.2, 0.25) is 0 Å². The summed E-state index contributed by atoms with van der Waals surface area (Å²) in [4.78, 5) is 26.2. The highest BCUT2D eigenvalue weighted by Crippen LogP contribution is 2.29. The van der Waals surface area contributed by atoms with Crippen LogP contribution >= 0.6 is 11.8 Å². The van der Waals surface area contributed by atoms with Gasteiger partial charge in [0.15, 0.2) is 0 Å². The minimum Gasteiger partial charge on any atom is -0.497 e. The molecule has 0 aliphatic heterocycles. The Morgan fingerprint density at radius 1 is 1.35 bits per heavy atom. The van der Waals surface area contributed by atoms with Crippen molar-refractivity contribution < 1.29 is 19.4 Å². The van der Waals surface area contributed by atoms with Crippen molar-refractivity contribution in [2.75, 3.05) is 19.4 Å². The number of ether oxygens (including phenoxy) is 1. The summed E-state index contributed by atoms with van der Waals surface area (Å²) >= 11 is 1.62. The van der Waals surface area contributed by atoms with Crippen molar-refractivity contribution in [3.8, 4) is 5.75 Å². The molecule has 0 bridgehead atoms. The zero-order valence-electron chi connectivity index (χ0n) is 13.5. The van der Waals surface area contributed by atoms with E-state index < -0.39 is 11.9 Å². The van der Waals surface area contributed by atoms with E-state index in [1.807, 2.05) is 24.3 Å². The van der Waals surface area contributed by atoms with E-state index >= 15 is 0 Å². The molecule has 1 aliphatic rings. The van der Waals surface area contributed by atoms with E-state index in [-0.39, 0.29) is 11.9 Å². The summed E-state index contributed by atoms with van der Waals surface area (Å²) in [6.07, 6.45) is 2.41. The molecule has 0 saturated heterocycles. The quantitative estimate of drug-likeness (QED) is 0.702. The largest absolute Gasteiger partial charge is 0.497 e. The van der Waals surface area contributed by atoms with Gasteiger partial charge in [-0.3, -0.25) is 9.59 Å². The van der Waals surface area contributed by atoms with Gasteiger partial charge in [0.05, 0.1) is 13.0 Å². The molecule has 1 aromatic carbocycles. The molecule has 0 spiro atoms. The topological polar surface area (TPSA) is 66.8 Å². The van der Waals surface area contributed by atoms with Gasteiger partial charge in [0.25, 0.3) is 0 Å². The van der Waals surface area contributed by atoms with Gasteiger partial charge in [-0.25, -0.2) is 0 Å². The maximum Gasteiger partial charge on any atom is 0.308 e. The van der Waals surface area contributed by atoms with Crippen LogP contribution in [0.1, 0.15) is 26.2 Å². The Morgan fingerprint density at radius 2 is 2.00 bits per heavy atom. The molecular weight excluding hydrogens is 314 g/mol. The predicted molar refractivity (Wildman–Crippen MR) is 89.9 cm³/mol. The molecule has 1 atom stereocenters. The number of thioether (sulfide) groups is 1. The van der Waals surface area contributed by atoms with Crippen molar-refractivity contribution >= 4 is 23.6 Å². The SMILES string of the molecule is COc1ccc(SCCC(=O)N(CC(C)C(=O)O)C2CC2)cc1. The summed E-state index contributed by atoms with van der Waals surface area (Å²) in [5, 5.41) is 9.03. The smallest absolute Gasteiger partial charge is 0.308 e. The Bertz CT molecular complexity index is 542. The van der Waals surface area contributed by atoms with Crippen LogP contribution in [0.5, 0.6) is 5.75 Å².